The number of anilines is 3. The number of ether oxygens (including phenoxy) is 3. The number of rotatable bonds is 10. The molecule has 0 aliphatic carbocycles. The van der Waals surface area contributed by atoms with Gasteiger partial charge in [-0.25, -0.2) is 9.59 Å². The lowest BCUT2D eigenvalue weighted by molar-refractivity contribution is -0.116. The van der Waals surface area contributed by atoms with Crippen molar-refractivity contribution in [1.29, 1.82) is 0 Å². The average Bonchev–Trinajstić information content (AvgIpc) is 2.88. The Morgan fingerprint density at radius 2 is 1.39 bits per heavy atom. The van der Waals surface area contributed by atoms with E-state index in [1.165, 1.54) is 26.4 Å². The zero-order chi connectivity index (χ0) is 25.9. The van der Waals surface area contributed by atoms with E-state index in [1.54, 1.807) is 31.2 Å². The molecule has 0 saturated carbocycles. The minimum Gasteiger partial charge on any atom is -0.493 e. The fourth-order valence-electron chi connectivity index (χ4n) is 3.40. The molecule has 9 heteroatoms. The molecule has 0 aliphatic rings. The fraction of sp³-hybridized carbons (Fsp3) is 0.222. The molecule has 0 saturated heterocycles. The van der Waals surface area contributed by atoms with Gasteiger partial charge >= 0.3 is 12.0 Å². The Bertz CT molecular complexity index is 1200. The zero-order valence-electron chi connectivity index (χ0n) is 20.4. The number of carbonyl (C=O) groups is 3. The van der Waals surface area contributed by atoms with Crippen molar-refractivity contribution in [3.63, 3.8) is 0 Å². The molecule has 3 aromatic carbocycles. The van der Waals surface area contributed by atoms with Gasteiger partial charge in [-0.2, -0.15) is 0 Å². The molecule has 0 radical (unpaired) electrons. The van der Waals surface area contributed by atoms with E-state index in [2.05, 4.69) is 16.0 Å². The lowest BCUT2D eigenvalue weighted by atomic mass is 10.1. The van der Waals surface area contributed by atoms with Gasteiger partial charge in [-0.05, 0) is 43.2 Å². The first-order valence-corrected chi connectivity index (χ1v) is 11.4. The van der Waals surface area contributed by atoms with Crippen LogP contribution in [0.3, 0.4) is 0 Å². The third kappa shape index (κ3) is 7.23. The van der Waals surface area contributed by atoms with Gasteiger partial charge in [0.2, 0.25) is 5.91 Å². The molecule has 0 atom stereocenters. The van der Waals surface area contributed by atoms with Crippen LogP contribution < -0.4 is 25.4 Å². The molecule has 188 valence electrons. The first kappa shape index (κ1) is 26.1. The standard InChI is InChI=1S/C27H29N3O6/c1-4-36-26(32)21-16-23(34-2)24(35-3)17-22(21)30-25(31)15-12-18-10-13-20(14-11-18)29-27(33)28-19-8-6-5-7-9-19/h5-11,13-14,16-17H,4,12,15H2,1-3H3,(H,30,31)(H2,28,29,33). The number of hydrogen-bond donors (Lipinski definition) is 3. The Morgan fingerprint density at radius 3 is 2.00 bits per heavy atom. The molecule has 0 aromatic heterocycles. The molecule has 0 fully saturated rings. The molecule has 0 heterocycles. The number of para-hydroxylation sites is 1. The summed E-state index contributed by atoms with van der Waals surface area (Å²) in [5.74, 6) is -0.129. The topological polar surface area (TPSA) is 115 Å². The molecule has 3 N–H and O–H groups in total. The number of hydrogen-bond acceptors (Lipinski definition) is 6. The highest BCUT2D eigenvalue weighted by Gasteiger charge is 2.19. The van der Waals surface area contributed by atoms with Gasteiger partial charge in [-0.15, -0.1) is 0 Å². The van der Waals surface area contributed by atoms with Crippen LogP contribution in [-0.2, 0) is 16.0 Å². The van der Waals surface area contributed by atoms with Gasteiger partial charge in [0.1, 0.15) is 0 Å². The van der Waals surface area contributed by atoms with E-state index >= 15 is 0 Å². The van der Waals surface area contributed by atoms with E-state index in [0.29, 0.717) is 29.3 Å². The van der Waals surface area contributed by atoms with Crippen LogP contribution in [0.2, 0.25) is 0 Å². The predicted molar refractivity (Wildman–Crippen MR) is 138 cm³/mol. The number of esters is 1. The lowest BCUT2D eigenvalue weighted by Gasteiger charge is -2.15. The Morgan fingerprint density at radius 1 is 0.778 bits per heavy atom. The second-order valence-electron chi connectivity index (χ2n) is 7.66. The van der Waals surface area contributed by atoms with Crippen LogP contribution in [-0.4, -0.2) is 38.7 Å². The molecule has 3 amide bonds. The first-order valence-electron chi connectivity index (χ1n) is 11.4. The number of amides is 3. The van der Waals surface area contributed by atoms with Gasteiger partial charge in [0.15, 0.2) is 11.5 Å². The van der Waals surface area contributed by atoms with Gasteiger partial charge in [0.05, 0.1) is 32.1 Å². The van der Waals surface area contributed by atoms with Gasteiger partial charge in [-0.1, -0.05) is 30.3 Å². The van der Waals surface area contributed by atoms with Crippen molar-refractivity contribution in [3.8, 4) is 11.5 Å². The molecule has 0 spiro atoms. The molecular formula is C27H29N3O6. The number of benzene rings is 3. The summed E-state index contributed by atoms with van der Waals surface area (Å²) < 4.78 is 15.7. The highest BCUT2D eigenvalue weighted by atomic mass is 16.5. The van der Waals surface area contributed by atoms with Crippen molar-refractivity contribution in [3.05, 3.63) is 77.9 Å². The van der Waals surface area contributed by atoms with Crippen LogP contribution in [0.25, 0.3) is 0 Å². The van der Waals surface area contributed by atoms with E-state index in [0.717, 1.165) is 5.56 Å². The molecular weight excluding hydrogens is 462 g/mol. The summed E-state index contributed by atoms with van der Waals surface area (Å²) in [4.78, 5) is 37.2. The van der Waals surface area contributed by atoms with Crippen LogP contribution >= 0.6 is 0 Å². The number of methoxy groups -OCH3 is 2. The number of aryl methyl sites for hydroxylation is 1. The Hall–Kier alpha value is -4.53. The number of nitrogens with one attached hydrogen (secondary N) is 3. The maximum absolute atomic E-state index is 12.7. The van der Waals surface area contributed by atoms with Gasteiger partial charge in [0, 0.05) is 29.9 Å². The molecule has 9 nitrogen and oxygen atoms in total. The van der Waals surface area contributed by atoms with Crippen molar-refractivity contribution in [1.82, 2.24) is 0 Å². The van der Waals surface area contributed by atoms with Crippen molar-refractivity contribution in [2.45, 2.75) is 19.8 Å². The summed E-state index contributed by atoms with van der Waals surface area (Å²) in [7, 11) is 2.93. The lowest BCUT2D eigenvalue weighted by Crippen LogP contribution is -2.19. The SMILES string of the molecule is CCOC(=O)c1cc(OC)c(OC)cc1NC(=O)CCc1ccc(NC(=O)Nc2ccccc2)cc1. The van der Waals surface area contributed by atoms with Crippen LogP contribution in [0.5, 0.6) is 11.5 Å². The zero-order valence-corrected chi connectivity index (χ0v) is 20.4. The normalized spacial score (nSPS) is 10.2. The van der Waals surface area contributed by atoms with Crippen molar-refractivity contribution >= 4 is 35.0 Å². The summed E-state index contributed by atoms with van der Waals surface area (Å²) in [6, 6.07) is 19.0. The van der Waals surface area contributed by atoms with E-state index in [-0.39, 0.29) is 36.2 Å². The Kier molecular flexibility index (Phi) is 9.27. The van der Waals surface area contributed by atoms with Crippen LogP contribution in [0, 0.1) is 0 Å². The van der Waals surface area contributed by atoms with Crippen molar-refractivity contribution < 1.29 is 28.6 Å². The van der Waals surface area contributed by atoms with E-state index in [4.69, 9.17) is 14.2 Å². The smallest absolute Gasteiger partial charge is 0.340 e. The minimum absolute atomic E-state index is 0.173. The summed E-state index contributed by atoms with van der Waals surface area (Å²) in [5, 5.41) is 8.28. The second kappa shape index (κ2) is 12.8. The van der Waals surface area contributed by atoms with Crippen LogP contribution in [0.15, 0.2) is 66.7 Å². The third-order valence-corrected chi connectivity index (χ3v) is 5.18. The molecule has 0 bridgehead atoms. The molecule has 3 aromatic rings. The maximum atomic E-state index is 12.7. The predicted octanol–water partition coefficient (Wildman–Crippen LogP) is 5.10. The summed E-state index contributed by atoms with van der Waals surface area (Å²) in [6.45, 7) is 1.90. The number of urea groups is 1. The van der Waals surface area contributed by atoms with Crippen molar-refractivity contribution in [2.24, 2.45) is 0 Å². The van der Waals surface area contributed by atoms with Crippen LogP contribution in [0.4, 0.5) is 21.9 Å². The largest absolute Gasteiger partial charge is 0.493 e. The van der Waals surface area contributed by atoms with Crippen LogP contribution in [0.1, 0.15) is 29.3 Å². The van der Waals surface area contributed by atoms with Gasteiger partial charge in [-0.3, -0.25) is 4.79 Å². The van der Waals surface area contributed by atoms with Gasteiger partial charge in [0.25, 0.3) is 0 Å². The van der Waals surface area contributed by atoms with E-state index in [1.807, 2.05) is 30.3 Å². The molecule has 0 aliphatic heterocycles. The quantitative estimate of drug-likeness (QED) is 0.340. The second-order valence-corrected chi connectivity index (χ2v) is 7.66. The van der Waals surface area contributed by atoms with Gasteiger partial charge < -0.3 is 30.2 Å². The van der Waals surface area contributed by atoms with E-state index < -0.39 is 5.97 Å². The number of carbonyl (C=O) groups excluding carboxylic acids is 3. The monoisotopic (exact) mass is 491 g/mol. The summed E-state index contributed by atoms with van der Waals surface area (Å²) in [5.41, 5.74) is 2.68. The average molecular weight is 492 g/mol. The summed E-state index contributed by atoms with van der Waals surface area (Å²) >= 11 is 0. The Balaban J connectivity index is 1.59. The fourth-order valence-corrected chi connectivity index (χ4v) is 3.40. The highest BCUT2D eigenvalue weighted by molar-refractivity contribution is 6.02. The highest BCUT2D eigenvalue weighted by Crippen LogP contribution is 2.34. The van der Waals surface area contributed by atoms with E-state index in [9.17, 15) is 14.4 Å². The molecule has 36 heavy (non-hydrogen) atoms. The molecule has 0 unspecified atom stereocenters. The third-order valence-electron chi connectivity index (χ3n) is 5.18. The Labute approximate surface area is 209 Å². The maximum Gasteiger partial charge on any atom is 0.340 e. The molecule has 3 rings (SSSR count). The first-order chi connectivity index (χ1) is 17.4. The van der Waals surface area contributed by atoms with Crippen molar-refractivity contribution in [2.75, 3.05) is 36.8 Å². The minimum atomic E-state index is -0.576. The summed E-state index contributed by atoms with van der Waals surface area (Å²) in [6.07, 6.45) is 0.641.